The Bertz CT molecular complexity index is 586. The normalized spacial score (nSPS) is 9.57. The molecule has 4 heteroatoms. The highest BCUT2D eigenvalue weighted by Gasteiger charge is 2.12. The first kappa shape index (κ1) is 8.55. The van der Waals surface area contributed by atoms with E-state index in [-0.39, 0.29) is 16.9 Å². The van der Waals surface area contributed by atoms with E-state index in [1.807, 2.05) is 17.5 Å². The molecule has 1 N–H and O–H groups in total. The van der Waals surface area contributed by atoms with Crippen LogP contribution in [0.3, 0.4) is 0 Å². The standard InChI is InChI=1S/C10H4N2OS/c11-4-6-3-9-7(1-2-14-9)10(13)8(6)5-12/h1-3,13H. The number of fused-ring (bicyclic) bond motifs is 1. The molecule has 0 spiro atoms. The molecular weight excluding hydrogens is 196 g/mol. The summed E-state index contributed by atoms with van der Waals surface area (Å²) < 4.78 is 0.818. The smallest absolute Gasteiger partial charge is 0.143 e. The molecular formula is C10H4N2OS. The average molecular weight is 200 g/mol. The van der Waals surface area contributed by atoms with E-state index in [0.717, 1.165) is 4.70 Å². The summed E-state index contributed by atoms with van der Waals surface area (Å²) in [4.78, 5) is 0. The van der Waals surface area contributed by atoms with Crippen LogP contribution in [0.5, 0.6) is 5.75 Å². The summed E-state index contributed by atoms with van der Waals surface area (Å²) in [6, 6.07) is 7.08. The molecule has 1 aromatic carbocycles. The van der Waals surface area contributed by atoms with Gasteiger partial charge in [0.05, 0.1) is 5.56 Å². The summed E-state index contributed by atoms with van der Waals surface area (Å²) in [7, 11) is 0. The van der Waals surface area contributed by atoms with Crippen LogP contribution in [-0.4, -0.2) is 5.11 Å². The monoisotopic (exact) mass is 200 g/mol. The molecule has 0 amide bonds. The van der Waals surface area contributed by atoms with Crippen LogP contribution in [0, 0.1) is 22.7 Å². The van der Waals surface area contributed by atoms with E-state index in [1.54, 1.807) is 12.1 Å². The van der Waals surface area contributed by atoms with Crippen LogP contribution in [0.1, 0.15) is 11.1 Å². The van der Waals surface area contributed by atoms with E-state index >= 15 is 0 Å². The van der Waals surface area contributed by atoms with E-state index in [9.17, 15) is 5.11 Å². The largest absolute Gasteiger partial charge is 0.506 e. The summed E-state index contributed by atoms with van der Waals surface area (Å²) >= 11 is 1.43. The number of aromatic hydroxyl groups is 1. The van der Waals surface area contributed by atoms with Gasteiger partial charge in [-0.2, -0.15) is 10.5 Å². The summed E-state index contributed by atoms with van der Waals surface area (Å²) in [6.07, 6.45) is 0. The number of benzene rings is 1. The number of phenols is 1. The Kier molecular flexibility index (Phi) is 1.85. The van der Waals surface area contributed by atoms with Gasteiger partial charge in [0.15, 0.2) is 0 Å². The Balaban J connectivity index is 2.97. The minimum Gasteiger partial charge on any atom is -0.506 e. The average Bonchev–Trinajstić information content (AvgIpc) is 2.65. The van der Waals surface area contributed by atoms with Crippen LogP contribution in [0.15, 0.2) is 17.5 Å². The van der Waals surface area contributed by atoms with Crippen molar-refractivity contribution in [1.29, 1.82) is 10.5 Å². The zero-order chi connectivity index (χ0) is 10.1. The van der Waals surface area contributed by atoms with Crippen LogP contribution >= 0.6 is 11.3 Å². The van der Waals surface area contributed by atoms with Gasteiger partial charge < -0.3 is 5.11 Å². The second-order valence-electron chi connectivity index (χ2n) is 2.70. The molecule has 0 unspecified atom stereocenters. The number of nitrogens with zero attached hydrogens (tertiary/aromatic N) is 2. The number of nitriles is 2. The molecule has 0 aliphatic rings. The Morgan fingerprint density at radius 2 is 2.07 bits per heavy atom. The molecule has 0 fully saturated rings. The molecule has 0 aliphatic carbocycles. The van der Waals surface area contributed by atoms with Gasteiger partial charge in [-0.05, 0) is 17.5 Å². The molecule has 0 atom stereocenters. The molecule has 2 aromatic rings. The molecule has 2 rings (SSSR count). The molecule has 0 radical (unpaired) electrons. The third-order valence-corrected chi connectivity index (χ3v) is 2.83. The van der Waals surface area contributed by atoms with Gasteiger partial charge >= 0.3 is 0 Å². The van der Waals surface area contributed by atoms with E-state index in [4.69, 9.17) is 10.5 Å². The van der Waals surface area contributed by atoms with Crippen molar-refractivity contribution < 1.29 is 5.11 Å². The maximum absolute atomic E-state index is 9.68. The van der Waals surface area contributed by atoms with Gasteiger partial charge in [-0.3, -0.25) is 0 Å². The van der Waals surface area contributed by atoms with Crippen LogP contribution in [0.2, 0.25) is 0 Å². The lowest BCUT2D eigenvalue weighted by Gasteiger charge is -1.99. The Morgan fingerprint density at radius 1 is 1.29 bits per heavy atom. The second kappa shape index (κ2) is 3.02. The highest BCUT2D eigenvalue weighted by molar-refractivity contribution is 7.17. The van der Waals surface area contributed by atoms with E-state index < -0.39 is 0 Å². The van der Waals surface area contributed by atoms with Crippen LogP contribution < -0.4 is 0 Å². The predicted octanol–water partition coefficient (Wildman–Crippen LogP) is 2.35. The molecule has 1 heterocycles. The van der Waals surface area contributed by atoms with Crippen molar-refractivity contribution in [3.05, 3.63) is 28.6 Å². The zero-order valence-electron chi connectivity index (χ0n) is 6.98. The maximum atomic E-state index is 9.68. The first-order chi connectivity index (χ1) is 6.77. The Morgan fingerprint density at radius 3 is 2.71 bits per heavy atom. The van der Waals surface area contributed by atoms with Gasteiger partial charge in [-0.1, -0.05) is 0 Å². The first-order valence-electron chi connectivity index (χ1n) is 3.81. The third kappa shape index (κ3) is 1.02. The fourth-order valence-electron chi connectivity index (χ4n) is 1.30. The van der Waals surface area contributed by atoms with E-state index in [1.165, 1.54) is 11.3 Å². The molecule has 14 heavy (non-hydrogen) atoms. The van der Waals surface area contributed by atoms with Crippen molar-refractivity contribution in [2.75, 3.05) is 0 Å². The van der Waals surface area contributed by atoms with E-state index in [0.29, 0.717) is 5.39 Å². The second-order valence-corrected chi connectivity index (χ2v) is 3.65. The van der Waals surface area contributed by atoms with Crippen molar-refractivity contribution >= 4 is 21.4 Å². The molecule has 0 aliphatic heterocycles. The van der Waals surface area contributed by atoms with Crippen LogP contribution in [0.25, 0.3) is 10.1 Å². The molecule has 0 saturated carbocycles. The molecule has 3 nitrogen and oxygen atoms in total. The lowest BCUT2D eigenvalue weighted by molar-refractivity contribution is 0.480. The number of hydrogen-bond acceptors (Lipinski definition) is 4. The third-order valence-electron chi connectivity index (χ3n) is 1.96. The van der Waals surface area contributed by atoms with Gasteiger partial charge in [-0.15, -0.1) is 11.3 Å². The van der Waals surface area contributed by atoms with Crippen LogP contribution in [-0.2, 0) is 0 Å². The highest BCUT2D eigenvalue weighted by Crippen LogP contribution is 2.33. The lowest BCUT2D eigenvalue weighted by atomic mass is 10.1. The SMILES string of the molecule is N#Cc1cc2sccc2c(O)c1C#N. The van der Waals surface area contributed by atoms with Gasteiger partial charge in [0.1, 0.15) is 23.5 Å². The fraction of sp³-hybridized carbons (Fsp3) is 0. The number of rotatable bonds is 0. The molecule has 1 aromatic heterocycles. The maximum Gasteiger partial charge on any atom is 0.143 e. The van der Waals surface area contributed by atoms with Crippen molar-refractivity contribution in [2.45, 2.75) is 0 Å². The van der Waals surface area contributed by atoms with Crippen molar-refractivity contribution in [2.24, 2.45) is 0 Å². The predicted molar refractivity (Wildman–Crippen MR) is 52.9 cm³/mol. The molecule has 0 bridgehead atoms. The quantitative estimate of drug-likeness (QED) is 0.709. The highest BCUT2D eigenvalue weighted by atomic mass is 32.1. The summed E-state index contributed by atoms with van der Waals surface area (Å²) in [5.41, 5.74) is 0.276. The van der Waals surface area contributed by atoms with Gasteiger partial charge in [0.2, 0.25) is 0 Å². The van der Waals surface area contributed by atoms with Crippen molar-refractivity contribution in [3.8, 4) is 17.9 Å². The number of hydrogen-bond donors (Lipinski definition) is 1. The minimum absolute atomic E-state index is 0.0541. The number of phenolic OH excluding ortho intramolecular Hbond substituents is 1. The first-order valence-corrected chi connectivity index (χ1v) is 4.69. The summed E-state index contributed by atoms with van der Waals surface area (Å²) in [5.74, 6) is -0.0946. The minimum atomic E-state index is -0.0946. The zero-order valence-corrected chi connectivity index (χ0v) is 7.80. The van der Waals surface area contributed by atoms with Crippen LogP contribution in [0.4, 0.5) is 0 Å². The fourth-order valence-corrected chi connectivity index (χ4v) is 2.12. The van der Waals surface area contributed by atoms with E-state index in [2.05, 4.69) is 0 Å². The number of thiophene rings is 1. The topological polar surface area (TPSA) is 67.8 Å². The van der Waals surface area contributed by atoms with Gasteiger partial charge in [-0.25, -0.2) is 0 Å². The molecule has 66 valence electrons. The van der Waals surface area contributed by atoms with Crippen molar-refractivity contribution in [1.82, 2.24) is 0 Å². The van der Waals surface area contributed by atoms with Gasteiger partial charge in [0, 0.05) is 10.1 Å². The van der Waals surface area contributed by atoms with Gasteiger partial charge in [0.25, 0.3) is 0 Å². The lowest BCUT2D eigenvalue weighted by Crippen LogP contribution is -1.84. The Labute approximate surface area is 84.1 Å². The Hall–Kier alpha value is -2.04. The van der Waals surface area contributed by atoms with Crippen molar-refractivity contribution in [3.63, 3.8) is 0 Å². The molecule has 0 saturated heterocycles. The summed E-state index contributed by atoms with van der Waals surface area (Å²) in [6.45, 7) is 0. The summed E-state index contributed by atoms with van der Waals surface area (Å²) in [5, 5.41) is 29.7.